The number of hydrogen-bond donors (Lipinski definition) is 3. The van der Waals surface area contributed by atoms with Gasteiger partial charge in [-0.1, -0.05) is 50.6 Å². The summed E-state index contributed by atoms with van der Waals surface area (Å²) in [5, 5.41) is 30.0. The van der Waals surface area contributed by atoms with Crippen LogP contribution in [0.2, 0.25) is 0 Å². The van der Waals surface area contributed by atoms with Gasteiger partial charge in [0.05, 0.1) is 11.7 Å². The first-order valence-corrected chi connectivity index (χ1v) is 15.2. The number of aliphatic hydroxyl groups excluding tert-OH is 1. The first kappa shape index (κ1) is 35.8. The van der Waals surface area contributed by atoms with Crippen molar-refractivity contribution >= 4 is 0 Å². The van der Waals surface area contributed by atoms with Gasteiger partial charge in [0.2, 0.25) is 0 Å². The molecule has 0 aromatic heterocycles. The average molecular weight is 625 g/mol. The topological polar surface area (TPSA) is 60.7 Å². The molecule has 0 heterocycles. The largest absolute Gasteiger partial charge is 0.429 e. The van der Waals surface area contributed by atoms with E-state index in [1.165, 1.54) is 5.57 Å². The average Bonchev–Trinajstić information content (AvgIpc) is 3.21. The number of hydrogen-bond acceptors (Lipinski definition) is 3. The summed E-state index contributed by atoms with van der Waals surface area (Å²) in [6.45, 7) is 11.2. The van der Waals surface area contributed by atoms with Gasteiger partial charge >= 0.3 is 12.4 Å². The molecule has 0 aromatic carbocycles. The predicted molar refractivity (Wildman–Crippen MR) is 153 cm³/mol. The summed E-state index contributed by atoms with van der Waals surface area (Å²) in [5.41, 5.74) is -4.69. The Kier molecular flexibility index (Phi) is 10.5. The van der Waals surface area contributed by atoms with Crippen LogP contribution in [0.5, 0.6) is 0 Å². The molecular weight excluding hydrogens is 577 g/mol. The highest BCUT2D eigenvalue weighted by Crippen LogP contribution is 2.64. The fourth-order valence-corrected chi connectivity index (χ4v) is 8.01. The van der Waals surface area contributed by atoms with Crippen LogP contribution in [0.3, 0.4) is 0 Å². The standard InChI is InChI=1S/C33H47F7O3/c1-21-23(19-24(41)20-26(21)34)11-10-22-9-6-17-30(5)25(22)12-13-27(30)29(4,15-7-14-28(2,3)42)16-8-18-31(43,32(35,36)37)33(38,39)40/h8,10-11,18,24-27,41-43H,1,6-7,9,12-17,19-20H2,2-5H3/b18-8-,22-10+,23-11-/t24-,25?,26+,27-,29-,30+/m1/s1. The monoisotopic (exact) mass is 624 g/mol. The molecule has 0 aliphatic heterocycles. The quantitative estimate of drug-likeness (QED) is 0.177. The van der Waals surface area contributed by atoms with Gasteiger partial charge in [-0.2, -0.15) is 26.3 Å². The molecule has 0 saturated heterocycles. The Morgan fingerprint density at radius 3 is 2.19 bits per heavy atom. The molecule has 0 aromatic rings. The lowest BCUT2D eigenvalue weighted by Crippen LogP contribution is -2.55. The van der Waals surface area contributed by atoms with Gasteiger partial charge in [-0.15, -0.1) is 0 Å². The number of halogens is 7. The lowest BCUT2D eigenvalue weighted by molar-refractivity contribution is -0.347. The summed E-state index contributed by atoms with van der Waals surface area (Å²) in [6.07, 6.45) is -3.71. The molecule has 0 bridgehead atoms. The Morgan fingerprint density at radius 1 is 0.977 bits per heavy atom. The van der Waals surface area contributed by atoms with Crippen molar-refractivity contribution in [1.29, 1.82) is 0 Å². The van der Waals surface area contributed by atoms with Crippen LogP contribution in [0.4, 0.5) is 30.7 Å². The number of allylic oxidation sites excluding steroid dienone is 5. The summed E-state index contributed by atoms with van der Waals surface area (Å²) >= 11 is 0. The molecule has 3 nitrogen and oxygen atoms in total. The van der Waals surface area contributed by atoms with E-state index in [2.05, 4.69) is 13.5 Å². The zero-order valence-corrected chi connectivity index (χ0v) is 25.6. The van der Waals surface area contributed by atoms with Crippen LogP contribution < -0.4 is 0 Å². The summed E-state index contributed by atoms with van der Waals surface area (Å²) in [6, 6.07) is 0. The molecule has 3 rings (SSSR count). The Hall–Kier alpha value is -1.65. The van der Waals surface area contributed by atoms with Crippen molar-refractivity contribution in [2.24, 2.45) is 22.7 Å². The number of aliphatic hydroxyl groups is 3. The Morgan fingerprint density at radius 2 is 1.60 bits per heavy atom. The molecule has 6 atom stereocenters. The van der Waals surface area contributed by atoms with Crippen molar-refractivity contribution in [3.05, 3.63) is 47.6 Å². The third-order valence-corrected chi connectivity index (χ3v) is 10.4. The number of rotatable bonds is 9. The van der Waals surface area contributed by atoms with E-state index < -0.39 is 41.2 Å². The Bertz CT molecular complexity index is 1080. The van der Waals surface area contributed by atoms with E-state index in [9.17, 15) is 46.1 Å². The van der Waals surface area contributed by atoms with E-state index in [0.29, 0.717) is 36.8 Å². The van der Waals surface area contributed by atoms with Crippen molar-refractivity contribution in [3.8, 4) is 0 Å². The van der Waals surface area contributed by atoms with E-state index >= 15 is 0 Å². The lowest BCUT2D eigenvalue weighted by atomic mass is 9.55. The van der Waals surface area contributed by atoms with Crippen LogP contribution in [0, 0.1) is 22.7 Å². The van der Waals surface area contributed by atoms with E-state index in [1.807, 2.05) is 19.1 Å². The van der Waals surface area contributed by atoms with Crippen molar-refractivity contribution in [1.82, 2.24) is 0 Å². The molecular formula is C33H47F7O3. The van der Waals surface area contributed by atoms with Gasteiger partial charge < -0.3 is 15.3 Å². The second-order valence-electron chi connectivity index (χ2n) is 14.3. The minimum Gasteiger partial charge on any atom is -0.393 e. The SMILES string of the molecule is C=C1/C(=C\C=C2/CCC[C@@]3(C)C2CC[C@@H]3[C@@](C)(C/C=C\C(O)(C(F)(F)F)C(F)(F)F)CCCC(C)(C)O)C[C@@H](O)C[C@@H]1F. The van der Waals surface area contributed by atoms with Gasteiger partial charge in [-0.3, -0.25) is 0 Å². The van der Waals surface area contributed by atoms with Gasteiger partial charge in [0.1, 0.15) is 6.17 Å². The normalized spacial score (nSPS) is 32.9. The van der Waals surface area contributed by atoms with Gasteiger partial charge in [0, 0.05) is 6.42 Å². The van der Waals surface area contributed by atoms with Crippen LogP contribution in [-0.4, -0.2) is 51.1 Å². The van der Waals surface area contributed by atoms with Crippen LogP contribution in [0.1, 0.15) is 98.3 Å². The van der Waals surface area contributed by atoms with Crippen LogP contribution in [0.15, 0.2) is 47.6 Å². The number of alkyl halides is 7. The van der Waals surface area contributed by atoms with E-state index in [-0.39, 0.29) is 36.2 Å². The molecule has 246 valence electrons. The fourth-order valence-electron chi connectivity index (χ4n) is 8.01. The molecule has 3 N–H and O–H groups in total. The molecule has 0 spiro atoms. The van der Waals surface area contributed by atoms with Crippen molar-refractivity contribution in [2.75, 3.05) is 0 Å². The zero-order valence-electron chi connectivity index (χ0n) is 25.6. The number of fused-ring (bicyclic) bond motifs is 1. The molecule has 3 aliphatic rings. The smallest absolute Gasteiger partial charge is 0.393 e. The second kappa shape index (κ2) is 12.6. The highest BCUT2D eigenvalue weighted by atomic mass is 19.4. The van der Waals surface area contributed by atoms with Gasteiger partial charge in [0.15, 0.2) is 0 Å². The molecule has 3 saturated carbocycles. The molecule has 1 unspecified atom stereocenters. The molecule has 3 aliphatic carbocycles. The van der Waals surface area contributed by atoms with Crippen molar-refractivity contribution in [2.45, 2.75) is 134 Å². The predicted octanol–water partition coefficient (Wildman–Crippen LogP) is 8.85. The van der Waals surface area contributed by atoms with Gasteiger partial charge in [0.25, 0.3) is 5.60 Å². The second-order valence-corrected chi connectivity index (χ2v) is 14.3. The molecule has 43 heavy (non-hydrogen) atoms. The van der Waals surface area contributed by atoms with E-state index in [4.69, 9.17) is 0 Å². The van der Waals surface area contributed by atoms with Gasteiger partial charge in [-0.25, -0.2) is 4.39 Å². The Labute approximate surface area is 250 Å². The maximum Gasteiger partial charge on any atom is 0.429 e. The first-order valence-electron chi connectivity index (χ1n) is 15.2. The molecule has 0 radical (unpaired) electrons. The maximum absolute atomic E-state index is 14.3. The third-order valence-electron chi connectivity index (χ3n) is 10.4. The summed E-state index contributed by atoms with van der Waals surface area (Å²) in [4.78, 5) is 0. The molecule has 10 heteroatoms. The first-order chi connectivity index (χ1) is 19.5. The summed E-state index contributed by atoms with van der Waals surface area (Å²) in [7, 11) is 0. The van der Waals surface area contributed by atoms with Crippen LogP contribution in [0.25, 0.3) is 0 Å². The van der Waals surface area contributed by atoms with Crippen LogP contribution >= 0.6 is 0 Å². The van der Waals surface area contributed by atoms with Crippen molar-refractivity contribution in [3.63, 3.8) is 0 Å². The lowest BCUT2D eigenvalue weighted by Gasteiger charge is -2.49. The van der Waals surface area contributed by atoms with E-state index in [1.54, 1.807) is 13.8 Å². The third kappa shape index (κ3) is 7.78. The van der Waals surface area contributed by atoms with E-state index in [0.717, 1.165) is 38.2 Å². The van der Waals surface area contributed by atoms with Crippen LogP contribution in [-0.2, 0) is 0 Å². The maximum atomic E-state index is 14.3. The minimum absolute atomic E-state index is 0.0267. The fraction of sp³-hybridized carbons (Fsp3) is 0.758. The highest BCUT2D eigenvalue weighted by molar-refractivity contribution is 5.39. The molecule has 3 fully saturated rings. The van der Waals surface area contributed by atoms with Crippen molar-refractivity contribution < 1.29 is 46.1 Å². The summed E-state index contributed by atoms with van der Waals surface area (Å²) in [5.74, 6) is 0.0882. The highest BCUT2D eigenvalue weighted by Gasteiger charge is 2.69. The van der Waals surface area contributed by atoms with Gasteiger partial charge in [-0.05, 0) is 112 Å². The summed E-state index contributed by atoms with van der Waals surface area (Å²) < 4.78 is 94.4. The minimum atomic E-state index is -5.93. The zero-order chi connectivity index (χ0) is 32.6. The Balaban J connectivity index is 1.93. The molecule has 0 amide bonds.